The summed E-state index contributed by atoms with van der Waals surface area (Å²) in [7, 11) is 0. The smallest absolute Gasteiger partial charge is 0.153 e. The van der Waals surface area contributed by atoms with E-state index in [0.717, 1.165) is 38.5 Å². The van der Waals surface area contributed by atoms with Gasteiger partial charge in [-0.3, -0.25) is 4.40 Å². The number of hydrogen-bond acceptors (Lipinski definition) is 3. The van der Waals surface area contributed by atoms with Gasteiger partial charge in [0.2, 0.25) is 0 Å². The van der Waals surface area contributed by atoms with E-state index in [4.69, 9.17) is 4.98 Å². The van der Waals surface area contributed by atoms with Crippen LogP contribution in [0.3, 0.4) is 0 Å². The highest BCUT2D eigenvalue weighted by molar-refractivity contribution is 9.10. The molecule has 3 heterocycles. The molecule has 0 bridgehead atoms. The van der Waals surface area contributed by atoms with Crippen molar-refractivity contribution in [3.05, 3.63) is 82.2 Å². The second kappa shape index (κ2) is 8.56. The average molecular weight is 471 g/mol. The van der Waals surface area contributed by atoms with Crippen molar-refractivity contribution in [1.82, 2.24) is 14.4 Å². The third kappa shape index (κ3) is 4.22. The highest BCUT2D eigenvalue weighted by atomic mass is 79.9. The zero-order valence-electron chi connectivity index (χ0n) is 17.4. The number of anilines is 1. The number of rotatable bonds is 3. The lowest BCUT2D eigenvalue weighted by molar-refractivity contribution is 0.749. The quantitative estimate of drug-likeness (QED) is 0.361. The minimum absolute atomic E-state index is 0.501. The summed E-state index contributed by atoms with van der Waals surface area (Å²) < 4.78 is 3.19. The maximum absolute atomic E-state index is 5.00. The van der Waals surface area contributed by atoms with Gasteiger partial charge in [0.1, 0.15) is 17.2 Å². The Balaban J connectivity index is 1.53. The minimum Gasteiger partial charge on any atom is -0.367 e. The van der Waals surface area contributed by atoms with Crippen molar-refractivity contribution in [3.8, 4) is 23.1 Å². The van der Waals surface area contributed by atoms with Crippen molar-refractivity contribution in [2.24, 2.45) is 0 Å². The molecule has 0 amide bonds. The molecule has 0 spiro atoms. The van der Waals surface area contributed by atoms with Crippen molar-refractivity contribution >= 4 is 27.4 Å². The van der Waals surface area contributed by atoms with Crippen LogP contribution in [0.1, 0.15) is 42.5 Å². The predicted molar refractivity (Wildman–Crippen MR) is 129 cm³/mol. The molecule has 1 N–H and O–H groups in total. The molecule has 0 radical (unpaired) electrons. The van der Waals surface area contributed by atoms with Gasteiger partial charge < -0.3 is 5.32 Å². The van der Waals surface area contributed by atoms with Crippen molar-refractivity contribution in [2.75, 3.05) is 5.32 Å². The fraction of sp³-hybridized carbons (Fsp3) is 0.231. The maximum atomic E-state index is 5.00. The summed E-state index contributed by atoms with van der Waals surface area (Å²) in [6.45, 7) is 2.11. The molecular formula is C26H23BrN4. The number of aryl methyl sites for hydroxylation is 1. The van der Waals surface area contributed by atoms with Crippen molar-refractivity contribution < 1.29 is 0 Å². The van der Waals surface area contributed by atoms with E-state index in [1.165, 1.54) is 31.2 Å². The molecule has 3 aromatic heterocycles. The number of hydrogen-bond donors (Lipinski definition) is 1. The van der Waals surface area contributed by atoms with Crippen LogP contribution in [0.2, 0.25) is 0 Å². The molecule has 1 saturated carbocycles. The lowest BCUT2D eigenvalue weighted by Gasteiger charge is -2.15. The molecule has 4 nitrogen and oxygen atoms in total. The van der Waals surface area contributed by atoms with Gasteiger partial charge in [-0.2, -0.15) is 0 Å². The Morgan fingerprint density at radius 1 is 1.06 bits per heavy atom. The summed E-state index contributed by atoms with van der Waals surface area (Å²) in [4.78, 5) is 9.26. The molecule has 1 fully saturated rings. The third-order valence-electron chi connectivity index (χ3n) is 5.67. The fourth-order valence-corrected chi connectivity index (χ4v) is 4.76. The van der Waals surface area contributed by atoms with Gasteiger partial charge >= 0.3 is 0 Å². The second-order valence-corrected chi connectivity index (χ2v) is 8.89. The third-order valence-corrected chi connectivity index (χ3v) is 6.25. The van der Waals surface area contributed by atoms with Crippen LogP contribution in [0.5, 0.6) is 0 Å². The highest BCUT2D eigenvalue weighted by Gasteiger charge is 2.21. The van der Waals surface area contributed by atoms with E-state index in [9.17, 15) is 0 Å². The molecule has 1 aromatic carbocycles. The predicted octanol–water partition coefficient (Wildman–Crippen LogP) is 6.22. The second-order valence-electron chi connectivity index (χ2n) is 8.04. The molecule has 1 aliphatic carbocycles. The standard InChI is InChI=1S/C26H23BrN4/c1-18-16-23(27)25-30-24(26(31(25)17-18)29-22-7-2-3-8-22)20-12-9-19(10-13-20)11-14-21-6-4-5-15-28-21/h4-6,9-10,12-13,15-17,22,29H,2-3,7-8H2,1H3. The summed E-state index contributed by atoms with van der Waals surface area (Å²) in [6, 6.07) is 16.7. The zero-order chi connectivity index (χ0) is 21.2. The number of benzene rings is 1. The number of pyridine rings is 2. The number of fused-ring (bicyclic) bond motifs is 1. The number of nitrogens with zero attached hydrogens (tertiary/aromatic N) is 3. The topological polar surface area (TPSA) is 42.2 Å². The molecule has 5 rings (SSSR count). The Labute approximate surface area is 190 Å². The van der Waals surface area contributed by atoms with E-state index in [1.54, 1.807) is 6.20 Å². The lowest BCUT2D eigenvalue weighted by atomic mass is 10.1. The Kier molecular flexibility index (Phi) is 5.48. The van der Waals surface area contributed by atoms with E-state index >= 15 is 0 Å². The molecular weight excluding hydrogens is 448 g/mol. The van der Waals surface area contributed by atoms with Crippen LogP contribution in [0.25, 0.3) is 16.9 Å². The number of aromatic nitrogens is 3. The van der Waals surface area contributed by atoms with Crippen LogP contribution >= 0.6 is 15.9 Å². The minimum atomic E-state index is 0.501. The summed E-state index contributed by atoms with van der Waals surface area (Å²) in [6.07, 6.45) is 8.91. The van der Waals surface area contributed by atoms with Gasteiger partial charge in [0.05, 0.1) is 4.47 Å². The summed E-state index contributed by atoms with van der Waals surface area (Å²) in [5, 5.41) is 3.79. The first-order chi connectivity index (χ1) is 15.2. The average Bonchev–Trinajstić information content (AvgIpc) is 3.42. The van der Waals surface area contributed by atoms with Crippen LogP contribution in [-0.2, 0) is 0 Å². The van der Waals surface area contributed by atoms with Gasteiger partial charge in [-0.15, -0.1) is 0 Å². The van der Waals surface area contributed by atoms with Gasteiger partial charge in [-0.1, -0.05) is 37.0 Å². The van der Waals surface area contributed by atoms with E-state index < -0.39 is 0 Å². The summed E-state index contributed by atoms with van der Waals surface area (Å²) >= 11 is 3.70. The molecule has 4 aromatic rings. The first-order valence-corrected chi connectivity index (χ1v) is 11.4. The normalized spacial score (nSPS) is 13.9. The van der Waals surface area contributed by atoms with Gasteiger partial charge in [0, 0.05) is 29.6 Å². The van der Waals surface area contributed by atoms with Crippen molar-refractivity contribution in [2.45, 2.75) is 38.6 Å². The molecule has 0 aliphatic heterocycles. The molecule has 31 heavy (non-hydrogen) atoms. The molecule has 0 unspecified atom stereocenters. The summed E-state index contributed by atoms with van der Waals surface area (Å²) in [5.41, 5.74) is 5.91. The van der Waals surface area contributed by atoms with E-state index in [0.29, 0.717) is 6.04 Å². The van der Waals surface area contributed by atoms with Crippen LogP contribution in [0.15, 0.2) is 65.4 Å². The van der Waals surface area contributed by atoms with Crippen LogP contribution in [0, 0.1) is 18.8 Å². The monoisotopic (exact) mass is 470 g/mol. The Morgan fingerprint density at radius 2 is 1.87 bits per heavy atom. The van der Waals surface area contributed by atoms with Gasteiger partial charge in [-0.05, 0) is 77.5 Å². The number of halogens is 1. The number of nitrogens with one attached hydrogen (secondary N) is 1. The zero-order valence-corrected chi connectivity index (χ0v) is 19.0. The molecule has 0 atom stereocenters. The molecule has 1 aliphatic rings. The van der Waals surface area contributed by atoms with Crippen LogP contribution in [0.4, 0.5) is 5.82 Å². The Bertz CT molecular complexity index is 1270. The fourth-order valence-electron chi connectivity index (χ4n) is 4.12. The highest BCUT2D eigenvalue weighted by Crippen LogP contribution is 2.34. The Morgan fingerprint density at radius 3 is 2.61 bits per heavy atom. The van der Waals surface area contributed by atoms with E-state index in [-0.39, 0.29) is 0 Å². The molecule has 5 heteroatoms. The molecule has 0 saturated heterocycles. The maximum Gasteiger partial charge on any atom is 0.153 e. The van der Waals surface area contributed by atoms with Gasteiger partial charge in [0.15, 0.2) is 5.65 Å². The lowest BCUT2D eigenvalue weighted by Crippen LogP contribution is -2.16. The first kappa shape index (κ1) is 19.8. The van der Waals surface area contributed by atoms with Gasteiger partial charge in [0.25, 0.3) is 0 Å². The van der Waals surface area contributed by atoms with Gasteiger partial charge in [-0.25, -0.2) is 9.97 Å². The summed E-state index contributed by atoms with van der Waals surface area (Å²) in [5.74, 6) is 7.38. The van der Waals surface area contributed by atoms with Crippen LogP contribution < -0.4 is 5.32 Å². The van der Waals surface area contributed by atoms with E-state index in [2.05, 4.69) is 85.9 Å². The number of imidazole rings is 1. The van der Waals surface area contributed by atoms with Crippen LogP contribution in [-0.4, -0.2) is 20.4 Å². The first-order valence-electron chi connectivity index (χ1n) is 10.7. The molecule has 154 valence electrons. The Hall–Kier alpha value is -3.10. The van der Waals surface area contributed by atoms with E-state index in [1.807, 2.05) is 18.2 Å². The SMILES string of the molecule is Cc1cc(Br)c2nc(-c3ccc(C#Cc4ccccn4)cc3)c(NC3CCCC3)n2c1. The largest absolute Gasteiger partial charge is 0.367 e. The van der Waals surface area contributed by atoms with Crippen molar-refractivity contribution in [3.63, 3.8) is 0 Å². The van der Waals surface area contributed by atoms with Crippen molar-refractivity contribution in [1.29, 1.82) is 0 Å².